The largest absolute Gasteiger partial charge is 0.478 e. The number of rotatable bonds is 5. The van der Waals surface area contributed by atoms with Crippen molar-refractivity contribution in [1.82, 2.24) is 4.72 Å². The Morgan fingerprint density at radius 2 is 1.95 bits per heavy atom. The molecule has 3 N–H and O–H groups in total. The molecule has 0 spiro atoms. The van der Waals surface area contributed by atoms with E-state index < -0.39 is 28.9 Å². The Kier molecular flexibility index (Phi) is 4.61. The van der Waals surface area contributed by atoms with Crippen LogP contribution in [0.2, 0.25) is 0 Å². The Labute approximate surface area is 112 Å². The average Bonchev–Trinajstić information content (AvgIpc) is 2.28. The maximum atomic E-state index is 12.0. The molecule has 6 nitrogen and oxygen atoms in total. The molecule has 0 aromatic heterocycles. The number of hydrogen-bond donors (Lipinski definition) is 3. The number of alkyl halides is 3. The molecule has 0 unspecified atom stereocenters. The number of nitrogens with one attached hydrogen (secondary N) is 2. The van der Waals surface area contributed by atoms with Gasteiger partial charge in [-0.25, -0.2) is 4.79 Å². The summed E-state index contributed by atoms with van der Waals surface area (Å²) in [6, 6.07) is 3.95. The predicted molar refractivity (Wildman–Crippen MR) is 64.7 cm³/mol. The van der Waals surface area contributed by atoms with E-state index in [0.29, 0.717) is 0 Å². The van der Waals surface area contributed by atoms with E-state index in [4.69, 9.17) is 5.11 Å². The molecule has 0 amide bonds. The van der Waals surface area contributed by atoms with Gasteiger partial charge < -0.3 is 5.11 Å². The molecule has 0 atom stereocenters. The van der Waals surface area contributed by atoms with Crippen LogP contribution in [-0.2, 0) is 10.2 Å². The Morgan fingerprint density at radius 1 is 1.35 bits per heavy atom. The number of aryl methyl sites for hydroxylation is 1. The number of carboxylic acid groups (broad SMARTS) is 1. The zero-order valence-electron chi connectivity index (χ0n) is 10.2. The van der Waals surface area contributed by atoms with Crippen molar-refractivity contribution in [3.05, 3.63) is 29.3 Å². The van der Waals surface area contributed by atoms with Crippen LogP contribution < -0.4 is 9.44 Å². The van der Waals surface area contributed by atoms with Crippen molar-refractivity contribution in [2.45, 2.75) is 13.1 Å². The van der Waals surface area contributed by atoms with E-state index in [1.165, 1.54) is 23.8 Å². The highest BCUT2D eigenvalue weighted by atomic mass is 32.2. The number of carbonyl (C=O) groups is 1. The Morgan fingerprint density at radius 3 is 2.45 bits per heavy atom. The molecule has 112 valence electrons. The lowest BCUT2D eigenvalue weighted by Gasteiger charge is -2.14. The predicted octanol–water partition coefficient (Wildman–Crippen LogP) is 1.50. The lowest BCUT2D eigenvalue weighted by Crippen LogP contribution is -2.37. The molecule has 0 saturated carbocycles. The van der Waals surface area contributed by atoms with Crippen LogP contribution in [0.4, 0.5) is 18.9 Å². The summed E-state index contributed by atoms with van der Waals surface area (Å²) >= 11 is 0. The number of benzene rings is 1. The van der Waals surface area contributed by atoms with Crippen LogP contribution in [-0.4, -0.2) is 32.2 Å². The standard InChI is InChI=1S/C10H11F3N2O4S/c1-6-3-2-4-7(9(16)17)8(6)15-20(18,19)14-5-10(11,12)13/h2-4,14-15H,5H2,1H3,(H,16,17). The first-order valence-electron chi connectivity index (χ1n) is 5.19. The van der Waals surface area contributed by atoms with Gasteiger partial charge in [0.05, 0.1) is 11.3 Å². The maximum Gasteiger partial charge on any atom is 0.402 e. The van der Waals surface area contributed by atoms with Crippen LogP contribution in [0.25, 0.3) is 0 Å². The van der Waals surface area contributed by atoms with Crippen molar-refractivity contribution < 1.29 is 31.5 Å². The topological polar surface area (TPSA) is 95.5 Å². The zero-order valence-corrected chi connectivity index (χ0v) is 11.0. The lowest BCUT2D eigenvalue weighted by molar-refractivity contribution is -0.121. The molecule has 0 saturated heterocycles. The fraction of sp³-hybridized carbons (Fsp3) is 0.300. The van der Waals surface area contributed by atoms with Crippen LogP contribution in [0.15, 0.2) is 18.2 Å². The van der Waals surface area contributed by atoms with Gasteiger partial charge >= 0.3 is 12.1 Å². The van der Waals surface area contributed by atoms with E-state index in [9.17, 15) is 26.4 Å². The van der Waals surface area contributed by atoms with Crippen LogP contribution in [0.5, 0.6) is 0 Å². The third-order valence-electron chi connectivity index (χ3n) is 2.20. The van der Waals surface area contributed by atoms with Crippen molar-refractivity contribution in [2.24, 2.45) is 0 Å². The highest BCUT2D eigenvalue weighted by Crippen LogP contribution is 2.22. The van der Waals surface area contributed by atoms with E-state index in [2.05, 4.69) is 0 Å². The molecule has 1 rings (SSSR count). The fourth-order valence-electron chi connectivity index (χ4n) is 1.33. The van der Waals surface area contributed by atoms with Crippen LogP contribution in [0, 0.1) is 6.92 Å². The van der Waals surface area contributed by atoms with Crippen LogP contribution in [0.1, 0.15) is 15.9 Å². The second-order valence-electron chi connectivity index (χ2n) is 3.84. The normalized spacial score (nSPS) is 12.2. The molecule has 0 aliphatic rings. The molecule has 0 aliphatic heterocycles. The summed E-state index contributed by atoms with van der Waals surface area (Å²) in [7, 11) is -4.53. The van der Waals surface area contributed by atoms with Gasteiger partial charge in [-0.3, -0.25) is 4.72 Å². The van der Waals surface area contributed by atoms with Gasteiger partial charge in [-0.15, -0.1) is 0 Å². The first-order valence-corrected chi connectivity index (χ1v) is 6.67. The molecule has 0 radical (unpaired) electrons. The van der Waals surface area contributed by atoms with Crippen molar-refractivity contribution in [1.29, 1.82) is 0 Å². The molecule has 1 aromatic rings. The van der Waals surface area contributed by atoms with E-state index in [-0.39, 0.29) is 16.8 Å². The summed E-state index contributed by atoms with van der Waals surface area (Å²) < 4.78 is 61.9. The minimum absolute atomic E-state index is 0.266. The van der Waals surface area contributed by atoms with Gasteiger partial charge in [-0.05, 0) is 18.6 Å². The minimum Gasteiger partial charge on any atom is -0.478 e. The molecule has 0 aliphatic carbocycles. The van der Waals surface area contributed by atoms with Gasteiger partial charge in [0, 0.05) is 0 Å². The highest BCUT2D eigenvalue weighted by molar-refractivity contribution is 7.90. The number of halogens is 3. The van der Waals surface area contributed by atoms with E-state index in [0.717, 1.165) is 6.07 Å². The SMILES string of the molecule is Cc1cccc(C(=O)O)c1NS(=O)(=O)NCC(F)(F)F. The number of aromatic carboxylic acids is 1. The fourth-order valence-corrected chi connectivity index (χ4v) is 2.29. The summed E-state index contributed by atoms with van der Waals surface area (Å²) in [6.07, 6.45) is -4.71. The zero-order chi connectivity index (χ0) is 15.6. The number of hydrogen-bond acceptors (Lipinski definition) is 3. The molecular weight excluding hydrogens is 301 g/mol. The smallest absolute Gasteiger partial charge is 0.402 e. The highest BCUT2D eigenvalue weighted by Gasteiger charge is 2.30. The average molecular weight is 312 g/mol. The second-order valence-corrected chi connectivity index (χ2v) is 5.34. The van der Waals surface area contributed by atoms with Gasteiger partial charge in [-0.1, -0.05) is 12.1 Å². The maximum absolute atomic E-state index is 12.0. The summed E-state index contributed by atoms with van der Waals surface area (Å²) in [4.78, 5) is 10.9. The minimum atomic E-state index is -4.71. The number of anilines is 1. The third-order valence-corrected chi connectivity index (χ3v) is 3.20. The monoisotopic (exact) mass is 312 g/mol. The summed E-state index contributed by atoms with van der Waals surface area (Å²) in [5, 5.41) is 8.91. The molecular formula is C10H11F3N2O4S. The van der Waals surface area contributed by atoms with Gasteiger partial charge in [0.2, 0.25) is 0 Å². The molecule has 1 aromatic carbocycles. The van der Waals surface area contributed by atoms with E-state index >= 15 is 0 Å². The molecule has 0 fully saturated rings. The first kappa shape index (κ1) is 16.2. The van der Waals surface area contributed by atoms with Crippen molar-refractivity contribution >= 4 is 21.9 Å². The van der Waals surface area contributed by atoms with E-state index in [1.54, 1.807) is 4.72 Å². The van der Waals surface area contributed by atoms with Gasteiger partial charge in [0.25, 0.3) is 10.2 Å². The number of carboxylic acids is 1. The summed E-state index contributed by atoms with van der Waals surface area (Å²) in [5.41, 5.74) is -0.376. The van der Waals surface area contributed by atoms with Gasteiger partial charge in [0.1, 0.15) is 6.54 Å². The second kappa shape index (κ2) is 5.67. The number of para-hydroxylation sites is 1. The Balaban J connectivity index is 3.01. The van der Waals surface area contributed by atoms with E-state index in [1.807, 2.05) is 0 Å². The summed E-state index contributed by atoms with van der Waals surface area (Å²) in [5.74, 6) is -1.40. The molecule has 0 heterocycles. The van der Waals surface area contributed by atoms with Crippen molar-refractivity contribution in [3.63, 3.8) is 0 Å². The molecule has 0 bridgehead atoms. The van der Waals surface area contributed by atoms with Crippen molar-refractivity contribution in [2.75, 3.05) is 11.3 Å². The van der Waals surface area contributed by atoms with Crippen LogP contribution >= 0.6 is 0 Å². The molecule has 10 heteroatoms. The summed E-state index contributed by atoms with van der Waals surface area (Å²) in [6.45, 7) is -0.329. The quantitative estimate of drug-likeness (QED) is 0.768. The lowest BCUT2D eigenvalue weighted by atomic mass is 10.1. The Hall–Kier alpha value is -1.81. The van der Waals surface area contributed by atoms with Crippen molar-refractivity contribution in [3.8, 4) is 0 Å². The van der Waals surface area contributed by atoms with Gasteiger partial charge in [-0.2, -0.15) is 26.3 Å². The first-order chi connectivity index (χ1) is 9.02. The van der Waals surface area contributed by atoms with Gasteiger partial charge in [0.15, 0.2) is 0 Å². The Bertz CT molecular complexity index is 613. The third kappa shape index (κ3) is 4.70. The van der Waals surface area contributed by atoms with Crippen LogP contribution in [0.3, 0.4) is 0 Å². The molecule has 20 heavy (non-hydrogen) atoms.